The number of hydrogen-bond donors (Lipinski definition) is 2. The van der Waals surface area contributed by atoms with E-state index >= 15 is 0 Å². The van der Waals surface area contributed by atoms with Gasteiger partial charge in [0.05, 0.1) is 13.2 Å². The number of methoxy groups -OCH3 is 1. The molecule has 0 atom stereocenters. The minimum Gasteiger partial charge on any atom is -0.396 e. The lowest BCUT2D eigenvalue weighted by molar-refractivity contribution is -0.123. The van der Waals surface area contributed by atoms with Gasteiger partial charge in [-0.15, -0.1) is 0 Å². The van der Waals surface area contributed by atoms with E-state index < -0.39 is 0 Å². The van der Waals surface area contributed by atoms with Gasteiger partial charge in [0.1, 0.15) is 0 Å². The normalized spacial score (nSPS) is 17.6. The van der Waals surface area contributed by atoms with Gasteiger partial charge in [0.15, 0.2) is 0 Å². The Kier molecular flexibility index (Phi) is 7.21. The molecule has 1 aromatic rings. The zero-order valence-corrected chi connectivity index (χ0v) is 14.9. The van der Waals surface area contributed by atoms with Crippen LogP contribution in [-0.4, -0.2) is 49.3 Å². The van der Waals surface area contributed by atoms with Gasteiger partial charge in [0.2, 0.25) is 5.91 Å². The number of aliphatic hydroxyl groups is 1. The Morgan fingerprint density at radius 1 is 1.33 bits per heavy atom. The number of benzene rings is 1. The fourth-order valence-corrected chi connectivity index (χ4v) is 3.26. The SMILES string of the molecule is CCC1(CO)CCN(CC(=O)NCc2cccc(COC)c2)CC1. The van der Waals surface area contributed by atoms with E-state index in [0.717, 1.165) is 43.5 Å². The van der Waals surface area contributed by atoms with Gasteiger partial charge in [0, 0.05) is 20.3 Å². The predicted octanol–water partition coefficient (Wildman–Crippen LogP) is 1.93. The maximum Gasteiger partial charge on any atom is 0.234 e. The highest BCUT2D eigenvalue weighted by atomic mass is 16.5. The number of aliphatic hydroxyl groups excluding tert-OH is 1. The van der Waals surface area contributed by atoms with E-state index in [1.54, 1.807) is 7.11 Å². The zero-order chi connectivity index (χ0) is 17.4. The summed E-state index contributed by atoms with van der Waals surface area (Å²) in [6, 6.07) is 8.07. The molecule has 0 unspecified atom stereocenters. The molecular formula is C19H30N2O3. The molecule has 0 radical (unpaired) electrons. The van der Waals surface area contributed by atoms with Gasteiger partial charge in [-0.25, -0.2) is 0 Å². The largest absolute Gasteiger partial charge is 0.396 e. The number of nitrogens with zero attached hydrogens (tertiary/aromatic N) is 1. The van der Waals surface area contributed by atoms with E-state index in [2.05, 4.69) is 23.2 Å². The first kappa shape index (κ1) is 18.9. The highest BCUT2D eigenvalue weighted by Crippen LogP contribution is 2.33. The quantitative estimate of drug-likeness (QED) is 0.763. The van der Waals surface area contributed by atoms with Crippen molar-refractivity contribution >= 4 is 5.91 Å². The number of nitrogens with one attached hydrogen (secondary N) is 1. The van der Waals surface area contributed by atoms with Gasteiger partial charge < -0.3 is 15.2 Å². The highest BCUT2D eigenvalue weighted by molar-refractivity contribution is 5.78. The van der Waals surface area contributed by atoms with Crippen molar-refractivity contribution in [3.63, 3.8) is 0 Å². The van der Waals surface area contributed by atoms with Gasteiger partial charge in [-0.1, -0.05) is 31.2 Å². The van der Waals surface area contributed by atoms with E-state index in [9.17, 15) is 9.90 Å². The fourth-order valence-electron chi connectivity index (χ4n) is 3.26. The topological polar surface area (TPSA) is 61.8 Å². The van der Waals surface area contributed by atoms with Crippen LogP contribution in [0.15, 0.2) is 24.3 Å². The summed E-state index contributed by atoms with van der Waals surface area (Å²) in [5.74, 6) is 0.0557. The van der Waals surface area contributed by atoms with Crippen LogP contribution >= 0.6 is 0 Å². The summed E-state index contributed by atoms with van der Waals surface area (Å²) in [4.78, 5) is 14.3. The van der Waals surface area contributed by atoms with Crippen molar-refractivity contribution in [2.24, 2.45) is 5.41 Å². The Bertz CT molecular complexity index is 519. The minimum atomic E-state index is 0.0557. The molecule has 5 heteroatoms. The van der Waals surface area contributed by atoms with Gasteiger partial charge >= 0.3 is 0 Å². The summed E-state index contributed by atoms with van der Waals surface area (Å²) in [6.07, 6.45) is 2.93. The van der Waals surface area contributed by atoms with Crippen LogP contribution in [-0.2, 0) is 22.7 Å². The third-order valence-electron chi connectivity index (χ3n) is 5.16. The predicted molar refractivity (Wildman–Crippen MR) is 94.5 cm³/mol. The molecular weight excluding hydrogens is 304 g/mol. The molecule has 0 saturated carbocycles. The summed E-state index contributed by atoms with van der Waals surface area (Å²) in [7, 11) is 1.68. The molecule has 2 rings (SSSR count). The zero-order valence-electron chi connectivity index (χ0n) is 14.9. The highest BCUT2D eigenvalue weighted by Gasteiger charge is 2.32. The molecule has 1 aliphatic heterocycles. The van der Waals surface area contributed by atoms with E-state index in [1.807, 2.05) is 18.2 Å². The first-order valence-electron chi connectivity index (χ1n) is 8.77. The number of ether oxygens (including phenoxy) is 1. The lowest BCUT2D eigenvalue weighted by Gasteiger charge is -2.39. The summed E-state index contributed by atoms with van der Waals surface area (Å²) in [5, 5.41) is 12.6. The van der Waals surface area contributed by atoms with Crippen molar-refractivity contribution < 1.29 is 14.6 Å². The van der Waals surface area contributed by atoms with Crippen LogP contribution in [0.2, 0.25) is 0 Å². The van der Waals surface area contributed by atoms with E-state index in [-0.39, 0.29) is 17.9 Å². The summed E-state index contributed by atoms with van der Waals surface area (Å²) < 4.78 is 5.13. The number of rotatable bonds is 8. The Labute approximate surface area is 145 Å². The fraction of sp³-hybridized carbons (Fsp3) is 0.632. The number of carbonyl (C=O) groups is 1. The Morgan fingerprint density at radius 2 is 2.04 bits per heavy atom. The van der Waals surface area contributed by atoms with Crippen LogP contribution in [0.4, 0.5) is 0 Å². The molecule has 1 amide bonds. The Morgan fingerprint density at radius 3 is 2.67 bits per heavy atom. The number of hydrogen-bond acceptors (Lipinski definition) is 4. The lowest BCUT2D eigenvalue weighted by atomic mass is 9.77. The molecule has 1 saturated heterocycles. The monoisotopic (exact) mass is 334 g/mol. The third kappa shape index (κ3) is 5.30. The van der Waals surface area contributed by atoms with E-state index in [0.29, 0.717) is 19.7 Å². The summed E-state index contributed by atoms with van der Waals surface area (Å²) >= 11 is 0. The first-order chi connectivity index (χ1) is 11.6. The maximum absolute atomic E-state index is 12.2. The Hall–Kier alpha value is -1.43. The molecule has 0 spiro atoms. The van der Waals surface area contributed by atoms with Crippen molar-refractivity contribution in [1.29, 1.82) is 0 Å². The van der Waals surface area contributed by atoms with Crippen LogP contribution in [0, 0.1) is 5.41 Å². The second-order valence-corrected chi connectivity index (χ2v) is 6.82. The van der Waals surface area contributed by atoms with E-state index in [4.69, 9.17) is 4.74 Å². The first-order valence-corrected chi connectivity index (χ1v) is 8.77. The van der Waals surface area contributed by atoms with Gasteiger partial charge in [-0.3, -0.25) is 9.69 Å². The molecule has 1 fully saturated rings. The molecule has 0 aliphatic carbocycles. The van der Waals surface area contributed by atoms with Crippen molar-refractivity contribution in [3.8, 4) is 0 Å². The lowest BCUT2D eigenvalue weighted by Crippen LogP contribution is -2.45. The maximum atomic E-state index is 12.2. The standard InChI is InChI=1S/C19H30N2O3/c1-3-19(15-22)7-9-21(10-8-19)13-18(23)20-12-16-5-4-6-17(11-16)14-24-2/h4-6,11,22H,3,7-10,12-15H2,1-2H3,(H,20,23). The van der Waals surface area contributed by atoms with Crippen LogP contribution < -0.4 is 5.32 Å². The van der Waals surface area contributed by atoms with Gasteiger partial charge in [0.25, 0.3) is 0 Å². The van der Waals surface area contributed by atoms with Crippen molar-refractivity contribution in [2.75, 3.05) is 33.4 Å². The van der Waals surface area contributed by atoms with Gasteiger partial charge in [-0.05, 0) is 48.9 Å². The second kappa shape index (κ2) is 9.16. The average Bonchev–Trinajstić information content (AvgIpc) is 2.62. The van der Waals surface area contributed by atoms with Crippen molar-refractivity contribution in [2.45, 2.75) is 39.3 Å². The summed E-state index contributed by atoms with van der Waals surface area (Å²) in [6.45, 7) is 5.70. The molecule has 5 nitrogen and oxygen atoms in total. The van der Waals surface area contributed by atoms with Crippen LogP contribution in [0.5, 0.6) is 0 Å². The third-order valence-corrected chi connectivity index (χ3v) is 5.16. The van der Waals surface area contributed by atoms with Gasteiger partial charge in [-0.2, -0.15) is 0 Å². The average molecular weight is 334 g/mol. The molecule has 1 aliphatic rings. The minimum absolute atomic E-state index is 0.0557. The molecule has 1 aromatic carbocycles. The molecule has 24 heavy (non-hydrogen) atoms. The molecule has 1 heterocycles. The number of likely N-dealkylation sites (tertiary alicyclic amines) is 1. The number of piperidine rings is 1. The Balaban J connectivity index is 1.75. The molecule has 2 N–H and O–H groups in total. The number of amides is 1. The smallest absolute Gasteiger partial charge is 0.234 e. The van der Waals surface area contributed by atoms with Crippen LogP contribution in [0.3, 0.4) is 0 Å². The van der Waals surface area contributed by atoms with E-state index in [1.165, 1.54) is 0 Å². The van der Waals surface area contributed by atoms with Crippen LogP contribution in [0.1, 0.15) is 37.3 Å². The van der Waals surface area contributed by atoms with Crippen LogP contribution in [0.25, 0.3) is 0 Å². The molecule has 0 aromatic heterocycles. The second-order valence-electron chi connectivity index (χ2n) is 6.82. The van der Waals surface area contributed by atoms with Crippen molar-refractivity contribution in [3.05, 3.63) is 35.4 Å². The summed E-state index contributed by atoms with van der Waals surface area (Å²) in [5.41, 5.74) is 2.26. The molecule has 0 bridgehead atoms. The van der Waals surface area contributed by atoms with Crippen molar-refractivity contribution in [1.82, 2.24) is 10.2 Å². The number of carbonyl (C=O) groups excluding carboxylic acids is 1. The molecule has 134 valence electrons.